The Morgan fingerprint density at radius 2 is 1.94 bits per heavy atom. The number of nitro groups is 1. The summed E-state index contributed by atoms with van der Waals surface area (Å²) in [5.41, 5.74) is 6.51. The van der Waals surface area contributed by atoms with Gasteiger partial charge in [0.15, 0.2) is 5.76 Å². The van der Waals surface area contributed by atoms with E-state index >= 15 is 0 Å². The Kier molecular flexibility index (Phi) is 6.39. The predicted octanol–water partition coefficient (Wildman–Crippen LogP) is 5.30. The average molecular weight is 448 g/mol. The highest BCUT2D eigenvalue weighted by Crippen LogP contribution is 2.31. The van der Waals surface area contributed by atoms with Gasteiger partial charge >= 0.3 is 0 Å². The van der Waals surface area contributed by atoms with Crippen molar-refractivity contribution >= 4 is 28.7 Å². The first-order valence-electron chi connectivity index (χ1n) is 10.7. The van der Waals surface area contributed by atoms with Gasteiger partial charge in [-0.15, -0.1) is 0 Å². The van der Waals surface area contributed by atoms with Gasteiger partial charge in [-0.1, -0.05) is 12.1 Å². The fraction of sp³-hybridized carbons (Fsp3) is 0.250. The molecule has 170 valence electrons. The molecule has 1 aliphatic rings. The Morgan fingerprint density at radius 1 is 1.18 bits per heavy atom. The summed E-state index contributed by atoms with van der Waals surface area (Å²) in [6, 6.07) is 13.3. The van der Waals surface area contributed by atoms with Crippen molar-refractivity contribution < 1.29 is 18.9 Å². The normalized spacial score (nSPS) is 13.9. The van der Waals surface area contributed by atoms with Crippen LogP contribution in [-0.2, 0) is 6.42 Å². The number of hydrogen-bond donors (Lipinski definition) is 2. The largest absolute Gasteiger partial charge is 0.492 e. The smallest absolute Gasteiger partial charge is 0.291 e. The highest BCUT2D eigenvalue weighted by atomic mass is 16.6. The Balaban J connectivity index is 1.56. The molecule has 0 spiro atoms. The molecule has 1 aromatic heterocycles. The van der Waals surface area contributed by atoms with Crippen LogP contribution in [-0.4, -0.2) is 23.1 Å². The molecular weight excluding hydrogens is 424 g/mol. The lowest BCUT2D eigenvalue weighted by Crippen LogP contribution is -2.15. The maximum absolute atomic E-state index is 13.0. The molecule has 0 atom stereocenters. The zero-order chi connectivity index (χ0) is 23.4. The molecule has 0 saturated heterocycles. The molecule has 4 rings (SSSR count). The van der Waals surface area contributed by atoms with Crippen LogP contribution in [0.15, 0.2) is 58.0 Å². The van der Waals surface area contributed by atoms with Crippen LogP contribution in [0.25, 0.3) is 0 Å². The number of non-ortho nitro benzene ring substituents is 1. The summed E-state index contributed by atoms with van der Waals surface area (Å²) >= 11 is 0. The van der Waals surface area contributed by atoms with Crippen LogP contribution < -0.4 is 15.5 Å². The predicted molar refractivity (Wildman–Crippen MR) is 125 cm³/mol. The summed E-state index contributed by atoms with van der Waals surface area (Å²) in [6.45, 7) is 4.22. The molecule has 1 heterocycles. The molecule has 33 heavy (non-hydrogen) atoms. The van der Waals surface area contributed by atoms with E-state index in [-0.39, 0.29) is 17.4 Å². The van der Waals surface area contributed by atoms with Crippen molar-refractivity contribution in [3.05, 3.63) is 81.3 Å². The lowest BCUT2D eigenvalue weighted by Gasteiger charge is -2.13. The first-order chi connectivity index (χ1) is 16.0. The number of hydrazone groups is 1. The molecule has 2 aromatic carbocycles. The molecule has 0 unspecified atom stereocenters. The minimum atomic E-state index is -0.447. The third kappa shape index (κ3) is 4.72. The number of carbonyl (C=O) groups is 1. The monoisotopic (exact) mass is 448 g/mol. The minimum Gasteiger partial charge on any atom is -0.492 e. The van der Waals surface area contributed by atoms with Crippen LogP contribution in [0, 0.1) is 17.0 Å². The van der Waals surface area contributed by atoms with E-state index in [1.54, 1.807) is 24.3 Å². The summed E-state index contributed by atoms with van der Waals surface area (Å²) in [5.74, 6) is 1.22. The summed E-state index contributed by atoms with van der Waals surface area (Å²) < 4.78 is 11.5. The van der Waals surface area contributed by atoms with Crippen molar-refractivity contribution in [3.63, 3.8) is 0 Å². The van der Waals surface area contributed by atoms with Gasteiger partial charge < -0.3 is 14.5 Å². The fourth-order valence-electron chi connectivity index (χ4n) is 3.82. The van der Waals surface area contributed by atoms with Crippen LogP contribution in [0.5, 0.6) is 5.75 Å². The van der Waals surface area contributed by atoms with Crippen molar-refractivity contribution in [2.45, 2.75) is 33.1 Å². The van der Waals surface area contributed by atoms with Crippen molar-refractivity contribution in [2.24, 2.45) is 5.10 Å². The SMILES string of the molecule is CCOc1ccccc1NC(=O)c1oc2c(c1C)/C(=N/Nc1ccc([N+](=O)[O-])cc1)CCC2. The number of nitro benzene ring substituents is 1. The number of benzene rings is 2. The van der Waals surface area contributed by atoms with Crippen LogP contribution in [0.1, 0.15) is 47.2 Å². The molecule has 2 N–H and O–H groups in total. The van der Waals surface area contributed by atoms with E-state index in [1.807, 2.05) is 26.0 Å². The van der Waals surface area contributed by atoms with Crippen LogP contribution in [0.4, 0.5) is 17.1 Å². The zero-order valence-corrected chi connectivity index (χ0v) is 18.4. The van der Waals surface area contributed by atoms with Gasteiger partial charge in [0, 0.05) is 29.7 Å². The van der Waals surface area contributed by atoms with E-state index in [0.717, 1.165) is 41.9 Å². The van der Waals surface area contributed by atoms with Gasteiger partial charge in [-0.25, -0.2) is 0 Å². The molecule has 1 amide bonds. The number of amides is 1. The molecular formula is C24H24N4O5. The van der Waals surface area contributed by atoms with Gasteiger partial charge in [-0.05, 0) is 51.0 Å². The molecule has 9 nitrogen and oxygen atoms in total. The molecule has 0 bridgehead atoms. The lowest BCUT2D eigenvalue weighted by atomic mass is 9.93. The second kappa shape index (κ2) is 9.56. The Labute approximate surface area is 190 Å². The minimum absolute atomic E-state index is 0.0143. The first kappa shape index (κ1) is 22.1. The van der Waals surface area contributed by atoms with Gasteiger partial charge in [0.05, 0.1) is 28.6 Å². The molecule has 1 aliphatic carbocycles. The average Bonchev–Trinajstić information content (AvgIpc) is 3.16. The summed E-state index contributed by atoms with van der Waals surface area (Å²) in [7, 11) is 0. The van der Waals surface area contributed by atoms with E-state index in [2.05, 4.69) is 15.8 Å². The van der Waals surface area contributed by atoms with E-state index in [9.17, 15) is 14.9 Å². The van der Waals surface area contributed by atoms with Gasteiger partial charge in [-0.3, -0.25) is 20.3 Å². The number of carbonyl (C=O) groups excluding carboxylic acids is 1. The third-order valence-electron chi connectivity index (χ3n) is 5.37. The zero-order valence-electron chi connectivity index (χ0n) is 18.4. The molecule has 9 heteroatoms. The van der Waals surface area contributed by atoms with Gasteiger partial charge in [0.1, 0.15) is 11.5 Å². The number of fused-ring (bicyclic) bond motifs is 1. The number of anilines is 2. The van der Waals surface area contributed by atoms with Crippen LogP contribution in [0.2, 0.25) is 0 Å². The van der Waals surface area contributed by atoms with Gasteiger partial charge in [0.25, 0.3) is 11.6 Å². The van der Waals surface area contributed by atoms with Crippen molar-refractivity contribution in [1.82, 2.24) is 0 Å². The highest BCUT2D eigenvalue weighted by Gasteiger charge is 2.28. The Morgan fingerprint density at radius 3 is 2.67 bits per heavy atom. The van der Waals surface area contributed by atoms with Crippen LogP contribution >= 0.6 is 0 Å². The molecule has 0 radical (unpaired) electrons. The van der Waals surface area contributed by atoms with Gasteiger partial charge in [0.2, 0.25) is 0 Å². The number of nitrogens with zero attached hydrogens (tertiary/aromatic N) is 2. The first-order valence-corrected chi connectivity index (χ1v) is 10.7. The number of furan rings is 1. The topological polar surface area (TPSA) is 119 Å². The summed E-state index contributed by atoms with van der Waals surface area (Å²) in [5, 5.41) is 18.2. The number of hydrogen-bond acceptors (Lipinski definition) is 7. The second-order valence-electron chi connectivity index (χ2n) is 7.57. The second-order valence-corrected chi connectivity index (χ2v) is 7.57. The van der Waals surface area contributed by atoms with E-state index in [0.29, 0.717) is 23.7 Å². The lowest BCUT2D eigenvalue weighted by molar-refractivity contribution is -0.384. The van der Waals surface area contributed by atoms with Crippen molar-refractivity contribution in [2.75, 3.05) is 17.3 Å². The molecule has 0 saturated carbocycles. The molecule has 3 aromatic rings. The van der Waals surface area contributed by atoms with Crippen molar-refractivity contribution in [1.29, 1.82) is 0 Å². The third-order valence-corrected chi connectivity index (χ3v) is 5.37. The Bertz CT molecular complexity index is 1210. The maximum Gasteiger partial charge on any atom is 0.291 e. The maximum atomic E-state index is 13.0. The van der Waals surface area contributed by atoms with E-state index < -0.39 is 4.92 Å². The van der Waals surface area contributed by atoms with Crippen molar-refractivity contribution in [3.8, 4) is 5.75 Å². The van der Waals surface area contributed by atoms with E-state index in [1.165, 1.54) is 12.1 Å². The molecule has 0 aliphatic heterocycles. The number of para-hydroxylation sites is 2. The number of ether oxygens (including phenoxy) is 1. The van der Waals surface area contributed by atoms with Gasteiger partial charge in [-0.2, -0.15) is 5.10 Å². The number of rotatable bonds is 7. The fourth-order valence-corrected chi connectivity index (χ4v) is 3.82. The van der Waals surface area contributed by atoms with Crippen LogP contribution in [0.3, 0.4) is 0 Å². The number of aryl methyl sites for hydroxylation is 1. The quantitative estimate of drug-likeness (QED) is 0.374. The highest BCUT2D eigenvalue weighted by molar-refractivity contribution is 6.09. The Hall–Kier alpha value is -4.14. The molecule has 0 fully saturated rings. The van der Waals surface area contributed by atoms with E-state index in [4.69, 9.17) is 9.15 Å². The number of nitrogens with one attached hydrogen (secondary N) is 2. The standard InChI is InChI=1S/C24H24N4O5/c1-3-32-20-9-5-4-7-18(20)25-24(29)23-15(2)22-19(8-6-10-21(22)33-23)27-26-16-11-13-17(14-12-16)28(30)31/h4-5,7,9,11-14,26H,3,6,8,10H2,1-2H3,(H,25,29)/b27-19+. The summed E-state index contributed by atoms with van der Waals surface area (Å²) in [4.78, 5) is 23.4. The summed E-state index contributed by atoms with van der Waals surface area (Å²) in [6.07, 6.45) is 2.28.